The molecule has 0 aromatic heterocycles. The summed E-state index contributed by atoms with van der Waals surface area (Å²) in [6, 6.07) is 2.39. The van der Waals surface area contributed by atoms with Gasteiger partial charge in [0.25, 0.3) is 0 Å². The molecule has 3 aliphatic rings. The van der Waals surface area contributed by atoms with Crippen LogP contribution in [-0.2, 0) is 44.7 Å². The van der Waals surface area contributed by atoms with Crippen LogP contribution in [-0.4, -0.2) is 124 Å². The number of aliphatic imine (C=N–C) groups is 1. The first-order valence-corrected chi connectivity index (χ1v) is 21.4. The van der Waals surface area contributed by atoms with Crippen LogP contribution in [0.5, 0.6) is 0 Å². The van der Waals surface area contributed by atoms with Gasteiger partial charge in [-0.25, -0.2) is 0 Å². The maximum atomic E-state index is 14.4. The second-order valence-corrected chi connectivity index (χ2v) is 17.7. The number of hydrogen-bond donors (Lipinski definition) is 5. The minimum absolute atomic E-state index is 0.238. The fourth-order valence-corrected chi connectivity index (χ4v) is 8.05. The standard InChI is InChI=1S/C43H63N7O8S/c1-11-25(4)33-38(54)44-26(5)41(56)50-21-17-20-32(50)37(53)45-29(22-28-18-15-14-16-19-28)40-47-31(24-59-40)36(52)49-34(27(6)58-43(9,10)13-3)39(55)46-30(35(51)48-33)23-57-42(7,8)12-2/h12-16,18-19,25-27,29-34H,2-3,11,17,20-24H2,1,4-10H3,(H,44,54)(H,45,53)(H,46,55)(H,48,51)(H,49,52)/t25-,26+,27-,29+,30+,31+,32+,33+,34+/m1/s1. The first-order valence-electron chi connectivity index (χ1n) is 20.4. The van der Waals surface area contributed by atoms with Crippen molar-refractivity contribution in [3.05, 3.63) is 61.2 Å². The summed E-state index contributed by atoms with van der Waals surface area (Å²) < 4.78 is 12.2. The third-order valence-corrected chi connectivity index (χ3v) is 12.2. The highest BCUT2D eigenvalue weighted by atomic mass is 32.2. The van der Waals surface area contributed by atoms with Crippen molar-refractivity contribution in [2.24, 2.45) is 10.9 Å². The Kier molecular flexibility index (Phi) is 16.5. The van der Waals surface area contributed by atoms with Crippen LogP contribution < -0.4 is 26.6 Å². The predicted octanol–water partition coefficient (Wildman–Crippen LogP) is 2.59. The van der Waals surface area contributed by atoms with E-state index in [4.69, 9.17) is 14.5 Å². The van der Waals surface area contributed by atoms with Crippen molar-refractivity contribution in [1.82, 2.24) is 31.5 Å². The molecule has 3 heterocycles. The number of carbonyl (C=O) groups is 6. The molecule has 0 unspecified atom stereocenters. The summed E-state index contributed by atoms with van der Waals surface area (Å²) in [6.07, 6.45) is 4.06. The molecule has 0 spiro atoms. The molecule has 0 radical (unpaired) electrons. The molecule has 1 aromatic carbocycles. The lowest BCUT2D eigenvalue weighted by Crippen LogP contribution is -2.62. The van der Waals surface area contributed by atoms with Crippen molar-refractivity contribution < 1.29 is 38.2 Å². The number of thioether (sulfide) groups is 1. The maximum Gasteiger partial charge on any atom is 0.246 e. The van der Waals surface area contributed by atoms with E-state index >= 15 is 0 Å². The van der Waals surface area contributed by atoms with E-state index in [2.05, 4.69) is 39.7 Å². The van der Waals surface area contributed by atoms with Crippen molar-refractivity contribution in [2.45, 2.75) is 141 Å². The van der Waals surface area contributed by atoms with Crippen LogP contribution in [0.4, 0.5) is 0 Å². The number of ether oxygens (including phenoxy) is 2. The molecule has 16 heteroatoms. The number of nitrogens with zero attached hydrogens (tertiary/aromatic N) is 2. The van der Waals surface area contributed by atoms with E-state index in [0.29, 0.717) is 37.3 Å². The highest BCUT2D eigenvalue weighted by Crippen LogP contribution is 2.25. The number of carbonyl (C=O) groups excluding carboxylic acids is 6. The summed E-state index contributed by atoms with van der Waals surface area (Å²) in [4.78, 5) is 90.9. The van der Waals surface area contributed by atoms with E-state index in [0.717, 1.165) is 5.56 Å². The quantitative estimate of drug-likeness (QED) is 0.197. The van der Waals surface area contributed by atoms with Gasteiger partial charge >= 0.3 is 0 Å². The van der Waals surface area contributed by atoms with Gasteiger partial charge in [-0.3, -0.25) is 33.8 Å². The second-order valence-electron chi connectivity index (χ2n) is 16.6. The van der Waals surface area contributed by atoms with E-state index < -0.39 is 95.1 Å². The van der Waals surface area contributed by atoms with Gasteiger partial charge in [0.2, 0.25) is 35.4 Å². The van der Waals surface area contributed by atoms with Crippen LogP contribution in [0, 0.1) is 5.92 Å². The van der Waals surface area contributed by atoms with E-state index in [1.54, 1.807) is 60.6 Å². The van der Waals surface area contributed by atoms with Crippen LogP contribution in [0.1, 0.15) is 80.2 Å². The highest BCUT2D eigenvalue weighted by Gasteiger charge is 2.41. The van der Waals surface area contributed by atoms with Crippen molar-refractivity contribution in [2.75, 3.05) is 18.9 Å². The largest absolute Gasteiger partial charge is 0.369 e. The molecule has 0 saturated carbocycles. The van der Waals surface area contributed by atoms with Gasteiger partial charge in [0.1, 0.15) is 36.3 Å². The zero-order chi connectivity index (χ0) is 43.7. The number of fused-ring (bicyclic) bond motifs is 2. The summed E-state index contributed by atoms with van der Waals surface area (Å²) in [7, 11) is 0. The van der Waals surface area contributed by atoms with Crippen LogP contribution in [0.25, 0.3) is 0 Å². The Morgan fingerprint density at radius 2 is 1.47 bits per heavy atom. The highest BCUT2D eigenvalue weighted by molar-refractivity contribution is 8.14. The second kappa shape index (κ2) is 20.6. The van der Waals surface area contributed by atoms with E-state index in [1.165, 1.54) is 16.7 Å². The normalized spacial score (nSPS) is 27.8. The molecule has 6 amide bonds. The fraction of sp³-hybridized carbons (Fsp3) is 0.605. The molecular weight excluding hydrogens is 775 g/mol. The Bertz CT molecular complexity index is 1750. The van der Waals surface area contributed by atoms with Crippen molar-refractivity contribution >= 4 is 52.2 Å². The first kappa shape index (κ1) is 47.1. The van der Waals surface area contributed by atoms with Crippen LogP contribution in [0.15, 0.2) is 60.6 Å². The summed E-state index contributed by atoms with van der Waals surface area (Å²) in [5.74, 6) is -3.61. The van der Waals surface area contributed by atoms with Gasteiger partial charge in [0.05, 0.1) is 35.0 Å². The van der Waals surface area contributed by atoms with E-state index in [9.17, 15) is 28.8 Å². The molecule has 3 aliphatic heterocycles. The number of hydrogen-bond acceptors (Lipinski definition) is 10. The summed E-state index contributed by atoms with van der Waals surface area (Å²) in [5.41, 5.74) is -0.870. The van der Waals surface area contributed by atoms with Gasteiger partial charge < -0.3 is 41.0 Å². The number of rotatable bonds is 12. The Morgan fingerprint density at radius 1 is 0.847 bits per heavy atom. The minimum Gasteiger partial charge on any atom is -0.369 e. The van der Waals surface area contributed by atoms with Crippen molar-refractivity contribution in [3.8, 4) is 0 Å². The topological polar surface area (TPSA) is 197 Å². The lowest BCUT2D eigenvalue weighted by molar-refractivity contribution is -0.142. The molecule has 5 N–H and O–H groups in total. The third-order valence-electron chi connectivity index (χ3n) is 11.0. The summed E-state index contributed by atoms with van der Waals surface area (Å²) in [6.45, 7) is 21.5. The summed E-state index contributed by atoms with van der Waals surface area (Å²) in [5, 5.41) is 14.8. The molecule has 0 aliphatic carbocycles. The zero-order valence-electron chi connectivity index (χ0n) is 35.7. The molecule has 15 nitrogen and oxygen atoms in total. The van der Waals surface area contributed by atoms with Gasteiger partial charge in [0.15, 0.2) is 0 Å². The average molecular weight is 838 g/mol. The van der Waals surface area contributed by atoms with Gasteiger partial charge in [-0.1, -0.05) is 62.8 Å². The Morgan fingerprint density at radius 3 is 2.12 bits per heavy atom. The Balaban J connectivity index is 1.79. The van der Waals surface area contributed by atoms with Gasteiger partial charge in [-0.15, -0.1) is 24.9 Å². The molecule has 1 saturated heterocycles. The third kappa shape index (κ3) is 12.7. The number of amides is 6. The van der Waals surface area contributed by atoms with Crippen molar-refractivity contribution in [1.29, 1.82) is 0 Å². The van der Waals surface area contributed by atoms with Gasteiger partial charge in [0, 0.05) is 12.3 Å². The molecule has 59 heavy (non-hydrogen) atoms. The Labute approximate surface area is 352 Å². The minimum atomic E-state index is -1.35. The average Bonchev–Trinajstić information content (AvgIpc) is 3.91. The number of benzene rings is 1. The maximum absolute atomic E-state index is 14.4. The monoisotopic (exact) mass is 837 g/mol. The summed E-state index contributed by atoms with van der Waals surface area (Å²) >= 11 is 1.33. The SMILES string of the molecule is C=CC(C)(C)OC[C@@H]1NC(=O)[C@H]([C@@H](C)OC(C)(C)C=C)NC(=O)[C@@H]2CSC(=N2)[C@H](Cc2ccccc2)NC(=O)[C@@H]2CCCN2C(=O)[C@H](C)NC(=O)[C@H]([C@H](C)CC)NC1=O. The zero-order valence-corrected chi connectivity index (χ0v) is 36.5. The molecule has 4 rings (SSSR count). The molecule has 1 aromatic rings. The van der Waals surface area contributed by atoms with Crippen LogP contribution in [0.2, 0.25) is 0 Å². The van der Waals surface area contributed by atoms with Gasteiger partial charge in [-0.2, -0.15) is 0 Å². The molecule has 9 atom stereocenters. The fourth-order valence-electron chi connectivity index (χ4n) is 6.95. The molecule has 2 bridgehead atoms. The van der Waals surface area contributed by atoms with Crippen molar-refractivity contribution in [3.63, 3.8) is 0 Å². The predicted molar refractivity (Wildman–Crippen MR) is 228 cm³/mol. The van der Waals surface area contributed by atoms with Crippen LogP contribution in [0.3, 0.4) is 0 Å². The first-order chi connectivity index (χ1) is 27.8. The Hall–Kier alpha value is -4.54. The number of nitrogens with one attached hydrogen (secondary N) is 5. The van der Waals surface area contributed by atoms with E-state index in [1.807, 2.05) is 37.3 Å². The van der Waals surface area contributed by atoms with E-state index in [-0.39, 0.29) is 18.3 Å². The molecular formula is C43H63N7O8S. The van der Waals surface area contributed by atoms with Gasteiger partial charge in [-0.05, 0) is 72.3 Å². The lowest BCUT2D eigenvalue weighted by Gasteiger charge is -2.33. The lowest BCUT2D eigenvalue weighted by atomic mass is 9.97. The molecule has 324 valence electrons. The molecule has 1 fully saturated rings. The smallest absolute Gasteiger partial charge is 0.246 e. The van der Waals surface area contributed by atoms with Crippen LogP contribution >= 0.6 is 11.8 Å².